The molecule has 0 radical (unpaired) electrons. The molecule has 0 atom stereocenters. The van der Waals surface area contributed by atoms with Gasteiger partial charge in [-0.1, -0.05) is 0 Å². The van der Waals surface area contributed by atoms with Crippen LogP contribution in [-0.2, 0) is 9.59 Å². The van der Waals surface area contributed by atoms with E-state index in [-0.39, 0.29) is 6.29 Å². The van der Waals surface area contributed by atoms with Crippen molar-refractivity contribution in [2.24, 2.45) is 0 Å². The van der Waals surface area contributed by atoms with Crippen LogP contribution in [0.3, 0.4) is 0 Å². The number of aldehydes is 1. The van der Waals surface area contributed by atoms with Gasteiger partial charge in [0.15, 0.2) is 0 Å². The second-order valence-corrected chi connectivity index (χ2v) is 3.17. The van der Waals surface area contributed by atoms with Crippen LogP contribution in [0.25, 0.3) is 0 Å². The first-order valence-electron chi connectivity index (χ1n) is 4.50. The highest BCUT2D eigenvalue weighted by Gasteiger charge is 2.08. The van der Waals surface area contributed by atoms with Gasteiger partial charge in [-0.15, -0.1) is 0 Å². The number of ether oxygens (including phenoxy) is 1. The van der Waals surface area contributed by atoms with Gasteiger partial charge in [-0.3, -0.25) is 9.59 Å². The average Bonchev–Trinajstić information content (AvgIpc) is 2.25. The average molecular weight is 207 g/mol. The van der Waals surface area contributed by atoms with E-state index < -0.39 is 5.91 Å². The van der Waals surface area contributed by atoms with Crippen molar-refractivity contribution in [3.8, 4) is 5.75 Å². The standard InChI is InChI=1S/C11H13NO3/c1-7-8(2)10(15-3)5-4-9(7)12-11(14)6-13/h4-6H,1-3H3,(H,12,14). The zero-order chi connectivity index (χ0) is 11.4. The summed E-state index contributed by atoms with van der Waals surface area (Å²) in [6.07, 6.45) is 0.249. The van der Waals surface area contributed by atoms with Crippen LogP contribution in [-0.4, -0.2) is 19.3 Å². The summed E-state index contributed by atoms with van der Waals surface area (Å²) in [5.41, 5.74) is 2.47. The Morgan fingerprint density at radius 3 is 2.53 bits per heavy atom. The molecule has 0 aromatic heterocycles. The Hall–Kier alpha value is -1.84. The molecule has 4 nitrogen and oxygen atoms in total. The molecule has 0 saturated carbocycles. The molecule has 0 spiro atoms. The van der Waals surface area contributed by atoms with Crippen molar-refractivity contribution >= 4 is 17.9 Å². The van der Waals surface area contributed by atoms with Gasteiger partial charge in [0, 0.05) is 5.69 Å². The molecule has 0 fully saturated rings. The Bertz CT molecular complexity index is 399. The highest BCUT2D eigenvalue weighted by Crippen LogP contribution is 2.26. The van der Waals surface area contributed by atoms with Crippen LogP contribution in [0.2, 0.25) is 0 Å². The first-order valence-corrected chi connectivity index (χ1v) is 4.50. The van der Waals surface area contributed by atoms with Gasteiger partial charge >= 0.3 is 0 Å². The Balaban J connectivity index is 3.06. The molecule has 4 heteroatoms. The number of hydrogen-bond acceptors (Lipinski definition) is 3. The second kappa shape index (κ2) is 4.59. The van der Waals surface area contributed by atoms with Crippen molar-refractivity contribution in [1.29, 1.82) is 0 Å². The fourth-order valence-corrected chi connectivity index (χ4v) is 1.31. The third kappa shape index (κ3) is 2.34. The fourth-order valence-electron chi connectivity index (χ4n) is 1.31. The van der Waals surface area contributed by atoms with E-state index in [9.17, 15) is 9.59 Å². The van der Waals surface area contributed by atoms with E-state index in [0.29, 0.717) is 5.69 Å². The predicted octanol–water partition coefficient (Wildman–Crippen LogP) is 1.45. The molecule has 1 aromatic rings. The lowest BCUT2D eigenvalue weighted by atomic mass is 10.1. The number of methoxy groups -OCH3 is 1. The zero-order valence-corrected chi connectivity index (χ0v) is 8.96. The van der Waals surface area contributed by atoms with Crippen LogP contribution in [0.15, 0.2) is 12.1 Å². The van der Waals surface area contributed by atoms with Gasteiger partial charge in [-0.25, -0.2) is 0 Å². The Morgan fingerprint density at radius 2 is 2.00 bits per heavy atom. The largest absolute Gasteiger partial charge is 0.496 e. The lowest BCUT2D eigenvalue weighted by Crippen LogP contribution is -2.13. The molecule has 1 amide bonds. The van der Waals surface area contributed by atoms with Crippen molar-refractivity contribution in [3.05, 3.63) is 23.3 Å². The molecule has 1 rings (SSSR count). The Kier molecular flexibility index (Phi) is 3.44. The Morgan fingerprint density at radius 1 is 1.33 bits per heavy atom. The van der Waals surface area contributed by atoms with E-state index in [4.69, 9.17) is 4.74 Å². The van der Waals surface area contributed by atoms with Crippen LogP contribution < -0.4 is 10.1 Å². The van der Waals surface area contributed by atoms with Gasteiger partial charge in [0.25, 0.3) is 5.91 Å². The van der Waals surface area contributed by atoms with E-state index in [2.05, 4.69) is 5.32 Å². The summed E-state index contributed by atoms with van der Waals surface area (Å²) < 4.78 is 5.13. The number of carbonyl (C=O) groups excluding carboxylic acids is 2. The van der Waals surface area contributed by atoms with Gasteiger partial charge in [-0.05, 0) is 37.1 Å². The summed E-state index contributed by atoms with van der Waals surface area (Å²) in [5.74, 6) is 0.110. The van der Waals surface area contributed by atoms with Crippen molar-refractivity contribution in [3.63, 3.8) is 0 Å². The van der Waals surface area contributed by atoms with Gasteiger partial charge in [-0.2, -0.15) is 0 Å². The molecule has 15 heavy (non-hydrogen) atoms. The van der Waals surface area contributed by atoms with Crippen LogP contribution in [0.4, 0.5) is 5.69 Å². The van der Waals surface area contributed by atoms with E-state index in [1.807, 2.05) is 13.8 Å². The molecule has 1 aromatic carbocycles. The van der Waals surface area contributed by atoms with Crippen LogP contribution in [0.5, 0.6) is 5.75 Å². The number of amides is 1. The van der Waals surface area contributed by atoms with E-state index in [0.717, 1.165) is 16.9 Å². The van der Waals surface area contributed by atoms with Crippen molar-refractivity contribution in [2.75, 3.05) is 12.4 Å². The van der Waals surface area contributed by atoms with Gasteiger partial charge in [0.2, 0.25) is 6.29 Å². The summed E-state index contributed by atoms with van der Waals surface area (Å²) in [5, 5.41) is 2.49. The van der Waals surface area contributed by atoms with E-state index in [1.54, 1.807) is 19.2 Å². The number of carbonyl (C=O) groups is 2. The fraction of sp³-hybridized carbons (Fsp3) is 0.273. The molecule has 0 unspecified atom stereocenters. The van der Waals surface area contributed by atoms with Crippen molar-refractivity contribution in [2.45, 2.75) is 13.8 Å². The molecule has 80 valence electrons. The highest BCUT2D eigenvalue weighted by molar-refractivity contribution is 6.29. The summed E-state index contributed by atoms with van der Waals surface area (Å²) in [6.45, 7) is 3.75. The molecular formula is C11H13NO3. The van der Waals surface area contributed by atoms with Gasteiger partial charge in [0.05, 0.1) is 7.11 Å². The van der Waals surface area contributed by atoms with E-state index >= 15 is 0 Å². The first kappa shape index (κ1) is 11.2. The molecule has 0 bridgehead atoms. The summed E-state index contributed by atoms with van der Waals surface area (Å²) >= 11 is 0. The van der Waals surface area contributed by atoms with Gasteiger partial charge in [0.1, 0.15) is 5.75 Å². The number of hydrogen-bond donors (Lipinski definition) is 1. The third-order valence-corrected chi connectivity index (χ3v) is 2.32. The lowest BCUT2D eigenvalue weighted by Gasteiger charge is -2.12. The maximum absolute atomic E-state index is 10.9. The molecule has 0 heterocycles. The molecule has 0 aliphatic heterocycles. The van der Waals surface area contributed by atoms with Crippen molar-refractivity contribution < 1.29 is 14.3 Å². The highest BCUT2D eigenvalue weighted by atomic mass is 16.5. The van der Waals surface area contributed by atoms with Gasteiger partial charge < -0.3 is 10.1 Å². The molecule has 1 N–H and O–H groups in total. The number of benzene rings is 1. The number of nitrogens with one attached hydrogen (secondary N) is 1. The monoisotopic (exact) mass is 207 g/mol. The summed E-state index contributed by atoms with van der Waals surface area (Å²) in [4.78, 5) is 21.1. The number of anilines is 1. The normalized spacial score (nSPS) is 9.53. The smallest absolute Gasteiger partial charge is 0.288 e. The number of rotatable bonds is 3. The molecule has 0 aliphatic carbocycles. The predicted molar refractivity (Wildman–Crippen MR) is 57.2 cm³/mol. The molecule has 0 saturated heterocycles. The van der Waals surface area contributed by atoms with Crippen LogP contribution in [0.1, 0.15) is 11.1 Å². The third-order valence-electron chi connectivity index (χ3n) is 2.32. The minimum atomic E-state index is -0.650. The minimum absolute atomic E-state index is 0.249. The zero-order valence-electron chi connectivity index (χ0n) is 8.96. The topological polar surface area (TPSA) is 55.4 Å². The Labute approximate surface area is 88.2 Å². The second-order valence-electron chi connectivity index (χ2n) is 3.17. The van der Waals surface area contributed by atoms with E-state index in [1.165, 1.54) is 0 Å². The lowest BCUT2D eigenvalue weighted by molar-refractivity contribution is -0.127. The SMILES string of the molecule is COc1ccc(NC(=O)C=O)c(C)c1C. The van der Waals surface area contributed by atoms with Crippen molar-refractivity contribution in [1.82, 2.24) is 0 Å². The van der Waals surface area contributed by atoms with Crippen LogP contribution >= 0.6 is 0 Å². The molecular weight excluding hydrogens is 194 g/mol. The maximum Gasteiger partial charge on any atom is 0.288 e. The quantitative estimate of drug-likeness (QED) is 0.603. The molecule has 0 aliphatic rings. The summed E-state index contributed by atoms with van der Waals surface area (Å²) in [6, 6.07) is 3.46. The summed E-state index contributed by atoms with van der Waals surface area (Å²) in [7, 11) is 1.59. The maximum atomic E-state index is 10.9. The minimum Gasteiger partial charge on any atom is -0.496 e. The van der Waals surface area contributed by atoms with Crippen LogP contribution in [0, 0.1) is 13.8 Å². The first-order chi connectivity index (χ1) is 7.10.